The topological polar surface area (TPSA) is 72.6 Å². The normalized spacial score (nSPS) is 13.6. The molecule has 0 fully saturated rings. The van der Waals surface area contributed by atoms with Gasteiger partial charge in [0.25, 0.3) is 0 Å². The highest BCUT2D eigenvalue weighted by Gasteiger charge is 2.29. The molecular formula is C13H21NO4. The van der Waals surface area contributed by atoms with Gasteiger partial charge in [0.2, 0.25) is 5.76 Å². The first-order valence-electron chi connectivity index (χ1n) is 5.98. The average molecular weight is 255 g/mol. The van der Waals surface area contributed by atoms with Crippen LogP contribution in [0.5, 0.6) is 0 Å². The molecule has 0 saturated heterocycles. The van der Waals surface area contributed by atoms with Gasteiger partial charge in [0.15, 0.2) is 5.89 Å². The second-order valence-corrected chi connectivity index (χ2v) is 5.61. The quantitative estimate of drug-likeness (QED) is 0.875. The molecule has 0 amide bonds. The van der Waals surface area contributed by atoms with Crippen LogP contribution in [0.25, 0.3) is 0 Å². The number of carbonyl (C=O) groups is 1. The summed E-state index contributed by atoms with van der Waals surface area (Å²) in [7, 11) is 1.63. The Balaban J connectivity index is 3.00. The van der Waals surface area contributed by atoms with E-state index >= 15 is 0 Å². The van der Waals surface area contributed by atoms with Gasteiger partial charge in [0.05, 0.1) is 5.69 Å². The minimum Gasteiger partial charge on any atom is -0.475 e. The maximum atomic E-state index is 11.1. The monoisotopic (exact) mass is 255 g/mol. The average Bonchev–Trinajstić information content (AvgIpc) is 2.61. The van der Waals surface area contributed by atoms with Gasteiger partial charge in [-0.1, -0.05) is 27.7 Å². The number of nitrogens with zero attached hydrogens (tertiary/aromatic N) is 1. The lowest BCUT2D eigenvalue weighted by molar-refractivity contribution is 0.0655. The molecule has 0 aliphatic rings. The molecular weight excluding hydrogens is 234 g/mol. The zero-order valence-corrected chi connectivity index (χ0v) is 11.6. The van der Waals surface area contributed by atoms with Crippen LogP contribution in [0.15, 0.2) is 4.42 Å². The van der Waals surface area contributed by atoms with Crippen LogP contribution in [0.1, 0.15) is 49.8 Å². The third-order valence-corrected chi connectivity index (χ3v) is 2.55. The van der Waals surface area contributed by atoms with Crippen molar-refractivity contribution in [1.82, 2.24) is 4.98 Å². The summed E-state index contributed by atoms with van der Waals surface area (Å²) < 4.78 is 10.4. The van der Waals surface area contributed by atoms with Crippen LogP contribution in [0.2, 0.25) is 0 Å². The smallest absolute Gasteiger partial charge is 0.373 e. The molecule has 0 aliphatic heterocycles. The summed E-state index contributed by atoms with van der Waals surface area (Å²) in [5.74, 6) is -0.426. The molecule has 1 aromatic heterocycles. The van der Waals surface area contributed by atoms with Crippen LogP contribution in [-0.4, -0.2) is 29.8 Å². The minimum absolute atomic E-state index is 0.0536. The second-order valence-electron chi connectivity index (χ2n) is 5.61. The van der Waals surface area contributed by atoms with Gasteiger partial charge in [0.1, 0.15) is 0 Å². The molecule has 0 bridgehead atoms. The molecule has 5 heteroatoms. The number of carboxylic acids is 1. The van der Waals surface area contributed by atoms with Gasteiger partial charge in [-0.05, 0) is 5.92 Å². The van der Waals surface area contributed by atoms with Crippen LogP contribution in [0, 0.1) is 5.92 Å². The molecule has 1 heterocycles. The highest BCUT2D eigenvalue weighted by molar-refractivity contribution is 5.86. The summed E-state index contributed by atoms with van der Waals surface area (Å²) >= 11 is 0. The van der Waals surface area contributed by atoms with E-state index in [4.69, 9.17) is 14.3 Å². The van der Waals surface area contributed by atoms with E-state index in [1.54, 1.807) is 7.11 Å². The van der Waals surface area contributed by atoms with Crippen LogP contribution < -0.4 is 0 Å². The van der Waals surface area contributed by atoms with Crippen molar-refractivity contribution in [2.24, 2.45) is 5.92 Å². The minimum atomic E-state index is -1.07. The van der Waals surface area contributed by atoms with Crippen LogP contribution in [0.3, 0.4) is 0 Å². The third kappa shape index (κ3) is 3.57. The number of hydrogen-bond donors (Lipinski definition) is 1. The first-order chi connectivity index (χ1) is 8.25. The van der Waals surface area contributed by atoms with E-state index in [0.717, 1.165) is 0 Å². The number of carboxylic acid groups (broad SMARTS) is 1. The summed E-state index contributed by atoms with van der Waals surface area (Å²) in [6.45, 7) is 8.35. The Kier molecular flexibility index (Phi) is 4.51. The number of oxazole rings is 1. The number of rotatable bonds is 5. The number of methoxy groups -OCH3 is 1. The van der Waals surface area contributed by atoms with Gasteiger partial charge in [-0.3, -0.25) is 0 Å². The Hall–Kier alpha value is -1.36. The third-order valence-electron chi connectivity index (χ3n) is 2.55. The van der Waals surface area contributed by atoms with E-state index < -0.39 is 5.97 Å². The van der Waals surface area contributed by atoms with E-state index in [0.29, 0.717) is 24.6 Å². The number of aromatic nitrogens is 1. The summed E-state index contributed by atoms with van der Waals surface area (Å²) in [6, 6.07) is 0. The Morgan fingerprint density at radius 2 is 2.11 bits per heavy atom. The highest BCUT2D eigenvalue weighted by atomic mass is 16.5. The molecule has 5 nitrogen and oxygen atoms in total. The molecule has 18 heavy (non-hydrogen) atoms. The van der Waals surface area contributed by atoms with Gasteiger partial charge >= 0.3 is 5.97 Å². The molecule has 1 rings (SSSR count). The van der Waals surface area contributed by atoms with Crippen molar-refractivity contribution in [2.75, 3.05) is 13.7 Å². The molecule has 102 valence electrons. The number of ether oxygens (including phenoxy) is 1. The predicted molar refractivity (Wildman–Crippen MR) is 66.9 cm³/mol. The molecule has 0 saturated carbocycles. The fourth-order valence-electron chi connectivity index (χ4n) is 1.75. The molecule has 0 radical (unpaired) electrons. The van der Waals surface area contributed by atoms with E-state index in [1.165, 1.54) is 0 Å². The van der Waals surface area contributed by atoms with E-state index in [1.807, 2.05) is 27.7 Å². The van der Waals surface area contributed by atoms with Crippen LogP contribution in [-0.2, 0) is 16.6 Å². The first kappa shape index (κ1) is 14.7. The van der Waals surface area contributed by atoms with Gasteiger partial charge in [-0.2, -0.15) is 0 Å². The number of aromatic carboxylic acids is 1. The molecule has 0 spiro atoms. The lowest BCUT2D eigenvalue weighted by Crippen LogP contribution is -2.16. The molecule has 1 aromatic rings. The molecule has 0 aliphatic carbocycles. The second kappa shape index (κ2) is 5.52. The summed E-state index contributed by atoms with van der Waals surface area (Å²) in [5.41, 5.74) is 0.148. The largest absolute Gasteiger partial charge is 0.475 e. The highest BCUT2D eigenvalue weighted by Crippen LogP contribution is 2.26. The lowest BCUT2D eigenvalue weighted by Gasteiger charge is -2.14. The van der Waals surface area contributed by atoms with Crippen molar-refractivity contribution in [3.63, 3.8) is 0 Å². The summed E-state index contributed by atoms with van der Waals surface area (Å²) in [6.07, 6.45) is 0.574. The summed E-state index contributed by atoms with van der Waals surface area (Å²) in [5, 5.41) is 9.12. The van der Waals surface area contributed by atoms with Gasteiger partial charge < -0.3 is 14.3 Å². The Morgan fingerprint density at radius 1 is 1.50 bits per heavy atom. The van der Waals surface area contributed by atoms with Crippen molar-refractivity contribution in [1.29, 1.82) is 0 Å². The Bertz CT molecular complexity index is 417. The maximum absolute atomic E-state index is 11.1. The van der Waals surface area contributed by atoms with Crippen molar-refractivity contribution >= 4 is 5.97 Å². The lowest BCUT2D eigenvalue weighted by atomic mass is 9.91. The fourth-order valence-corrected chi connectivity index (χ4v) is 1.75. The Morgan fingerprint density at radius 3 is 2.50 bits per heavy atom. The van der Waals surface area contributed by atoms with E-state index in [2.05, 4.69) is 4.98 Å². The molecule has 0 aromatic carbocycles. The zero-order chi connectivity index (χ0) is 13.9. The Labute approximate surface area is 107 Å². The van der Waals surface area contributed by atoms with Crippen LogP contribution >= 0.6 is 0 Å². The van der Waals surface area contributed by atoms with E-state index in [9.17, 15) is 4.79 Å². The zero-order valence-electron chi connectivity index (χ0n) is 11.6. The predicted octanol–water partition coefficient (Wildman–Crippen LogP) is 2.50. The summed E-state index contributed by atoms with van der Waals surface area (Å²) in [4.78, 5) is 15.5. The first-order valence-corrected chi connectivity index (χ1v) is 5.98. The molecule has 1 unspecified atom stereocenters. The van der Waals surface area contributed by atoms with Crippen molar-refractivity contribution in [2.45, 2.75) is 39.5 Å². The van der Waals surface area contributed by atoms with Crippen molar-refractivity contribution in [3.05, 3.63) is 17.3 Å². The van der Waals surface area contributed by atoms with E-state index in [-0.39, 0.29) is 17.1 Å². The molecule has 1 N–H and O–H groups in total. The van der Waals surface area contributed by atoms with Crippen LogP contribution in [0.4, 0.5) is 0 Å². The standard InChI is InChI=1S/C13H21NO4/c1-8(7-17-5)6-9-14-11(13(2,3)4)10(18-9)12(15)16/h8H,6-7H2,1-5H3,(H,15,16). The number of hydrogen-bond acceptors (Lipinski definition) is 4. The maximum Gasteiger partial charge on any atom is 0.373 e. The van der Waals surface area contributed by atoms with Gasteiger partial charge in [0, 0.05) is 25.6 Å². The molecule has 1 atom stereocenters. The fraction of sp³-hybridized carbons (Fsp3) is 0.692. The van der Waals surface area contributed by atoms with Crippen molar-refractivity contribution < 1.29 is 19.1 Å². The van der Waals surface area contributed by atoms with Crippen molar-refractivity contribution in [3.8, 4) is 0 Å². The SMILES string of the molecule is COCC(C)Cc1nc(C(C)(C)C)c(C(=O)O)o1. The van der Waals surface area contributed by atoms with Gasteiger partial charge in [-0.25, -0.2) is 9.78 Å². The van der Waals surface area contributed by atoms with Gasteiger partial charge in [-0.15, -0.1) is 0 Å².